The van der Waals surface area contributed by atoms with Gasteiger partial charge in [0.25, 0.3) is 10.1 Å². The van der Waals surface area contributed by atoms with Gasteiger partial charge in [0.15, 0.2) is 10.0 Å². The van der Waals surface area contributed by atoms with Gasteiger partial charge in [-0.05, 0) is 118 Å². The summed E-state index contributed by atoms with van der Waals surface area (Å²) in [7, 11) is -3.46. The number of anilines is 7. The van der Waals surface area contributed by atoms with E-state index in [0.29, 0.717) is 40.8 Å². The van der Waals surface area contributed by atoms with Crippen LogP contribution in [0.2, 0.25) is 0 Å². The van der Waals surface area contributed by atoms with Crippen LogP contribution < -0.4 is 30.1 Å². The van der Waals surface area contributed by atoms with Crippen LogP contribution in [0.3, 0.4) is 0 Å². The lowest BCUT2D eigenvalue weighted by Gasteiger charge is -2.24. The van der Waals surface area contributed by atoms with Crippen LogP contribution in [0.1, 0.15) is 33.3 Å². The molecule has 3 aromatic heterocycles. The topological polar surface area (TPSA) is 252 Å². The van der Waals surface area contributed by atoms with Gasteiger partial charge in [-0.15, -0.1) is 20.5 Å². The molecule has 0 radical (unpaired) electrons. The number of aliphatic hydroxyl groups is 2. The van der Waals surface area contributed by atoms with Crippen molar-refractivity contribution >= 4 is 117 Å². The van der Waals surface area contributed by atoms with Crippen LogP contribution in [0, 0.1) is 6.92 Å². The summed E-state index contributed by atoms with van der Waals surface area (Å²) in [6, 6.07) is 20.3. The molecule has 4 aromatic carbocycles. The highest BCUT2D eigenvalue weighted by molar-refractivity contribution is 7.86. The summed E-state index contributed by atoms with van der Waals surface area (Å²) in [6.07, 6.45) is 0. The third-order valence-corrected chi connectivity index (χ3v) is 12.9. The molecule has 5 N–H and O–H groups in total. The number of aryl methyl sites for hydroxylation is 1. The lowest BCUT2D eigenvalue weighted by Crippen LogP contribution is -2.31. The summed E-state index contributed by atoms with van der Waals surface area (Å²) < 4.78 is 49.5. The number of aromatic nitrogens is 5. The molecule has 23 heteroatoms. The van der Waals surface area contributed by atoms with Crippen molar-refractivity contribution in [3.63, 3.8) is 0 Å². The zero-order valence-corrected chi connectivity index (χ0v) is 39.6. The number of aliphatic hydroxyl groups excluding tert-OH is 2. The van der Waals surface area contributed by atoms with Gasteiger partial charge in [-0.25, -0.2) is 0 Å². The molecule has 7 rings (SSSR count). The summed E-state index contributed by atoms with van der Waals surface area (Å²) in [5.41, 5.74) is 5.76. The molecule has 0 saturated heterocycles. The highest BCUT2D eigenvalue weighted by Gasteiger charge is 2.25. The van der Waals surface area contributed by atoms with Gasteiger partial charge in [0.2, 0.25) is 17.8 Å². The Hall–Kier alpha value is -6.50. The molecule has 0 unspecified atom stereocenters. The third-order valence-electron chi connectivity index (χ3n) is 10.5. The van der Waals surface area contributed by atoms with Gasteiger partial charge in [-0.2, -0.15) is 32.1 Å². The van der Waals surface area contributed by atoms with Gasteiger partial charge in [0.1, 0.15) is 22.0 Å². The molecule has 20 nitrogen and oxygen atoms in total. The molecule has 3 heterocycles. The fraction of sp³-hybridized carbons (Fsp3) is 0.326. The van der Waals surface area contributed by atoms with Crippen molar-refractivity contribution in [1.82, 2.24) is 23.7 Å². The molecule has 7 aromatic rings. The van der Waals surface area contributed by atoms with Gasteiger partial charge in [0, 0.05) is 56.0 Å². The summed E-state index contributed by atoms with van der Waals surface area (Å²) in [6.45, 7) is 12.9. The van der Waals surface area contributed by atoms with E-state index in [1.807, 2.05) is 69.3 Å². The van der Waals surface area contributed by atoms with E-state index in [1.165, 1.54) is 24.7 Å². The second-order valence-electron chi connectivity index (χ2n) is 14.6. The Morgan fingerprint density at radius 3 is 1.73 bits per heavy atom. The fourth-order valence-electron chi connectivity index (χ4n) is 7.18. The van der Waals surface area contributed by atoms with Crippen LogP contribution in [0.15, 0.2) is 92.1 Å². The van der Waals surface area contributed by atoms with E-state index in [2.05, 4.69) is 58.4 Å². The maximum absolute atomic E-state index is 12.6. The second kappa shape index (κ2) is 21.2. The molecule has 0 aliphatic rings. The number of fused-ring (bicyclic) bond motifs is 2. The summed E-state index contributed by atoms with van der Waals surface area (Å²) >= 11 is 2.17. The predicted octanol–water partition coefficient (Wildman–Crippen LogP) is 9.46. The van der Waals surface area contributed by atoms with Gasteiger partial charge in [-0.3, -0.25) is 4.55 Å². The highest BCUT2D eigenvalue weighted by Crippen LogP contribution is 2.42. The van der Waals surface area contributed by atoms with Gasteiger partial charge in [0.05, 0.1) is 48.1 Å². The van der Waals surface area contributed by atoms with Crippen molar-refractivity contribution in [2.24, 2.45) is 20.5 Å². The number of hydrogen-bond acceptors (Lipinski definition) is 21. The molecule has 0 amide bonds. The van der Waals surface area contributed by atoms with Crippen LogP contribution in [0.5, 0.6) is 5.75 Å². The van der Waals surface area contributed by atoms with Gasteiger partial charge >= 0.3 is 0 Å². The number of rotatable bonds is 21. The second-order valence-corrected chi connectivity index (χ2v) is 17.4. The monoisotopic (exact) mass is 954 g/mol. The Balaban J connectivity index is 1.34. The largest absolute Gasteiger partial charge is 0.495 e. The first-order valence-corrected chi connectivity index (χ1v) is 24.1. The van der Waals surface area contributed by atoms with E-state index in [9.17, 15) is 23.2 Å². The SMILES string of the molecule is CCN(CC)c1ccc(/N=N/c2snc3ccc(C)cc23)c(Nc2nc(Nc3cc(N(CC)CC)ccc3/N=N/c3snc4ccc(OC)c(S(=O)(=O)O)c34)nc(N(CCO)CCO)n2)c1. The molecular formula is C43H50N14O6S3. The van der Waals surface area contributed by atoms with Gasteiger partial charge in [-0.1, -0.05) is 11.6 Å². The van der Waals surface area contributed by atoms with Crippen molar-refractivity contribution < 1.29 is 27.9 Å². The first kappa shape index (κ1) is 47.5. The van der Waals surface area contributed by atoms with Crippen molar-refractivity contribution in [1.29, 1.82) is 0 Å². The van der Waals surface area contributed by atoms with Crippen molar-refractivity contribution in [3.05, 3.63) is 72.3 Å². The highest BCUT2D eigenvalue weighted by atomic mass is 32.2. The summed E-state index contributed by atoms with van der Waals surface area (Å²) in [5, 5.41) is 46.8. The number of ether oxygens (including phenoxy) is 1. The molecule has 0 aliphatic heterocycles. The minimum atomic E-state index is -4.76. The summed E-state index contributed by atoms with van der Waals surface area (Å²) in [4.78, 5) is 19.8. The quantitative estimate of drug-likeness (QED) is 0.0332. The zero-order valence-electron chi connectivity index (χ0n) is 37.2. The normalized spacial score (nSPS) is 11.9. The maximum Gasteiger partial charge on any atom is 0.299 e. The van der Waals surface area contributed by atoms with Crippen LogP contribution in [0.25, 0.3) is 21.8 Å². The number of benzene rings is 4. The number of azo groups is 2. The Morgan fingerprint density at radius 2 is 1.20 bits per heavy atom. The molecule has 0 fully saturated rings. The Bertz CT molecular complexity index is 2990. The number of methoxy groups -OCH3 is 1. The van der Waals surface area contributed by atoms with E-state index in [-0.39, 0.29) is 65.8 Å². The Morgan fingerprint density at radius 1 is 0.667 bits per heavy atom. The van der Waals surface area contributed by atoms with Crippen LogP contribution in [0.4, 0.5) is 62.0 Å². The third kappa shape index (κ3) is 10.6. The molecule has 0 bridgehead atoms. The zero-order chi connectivity index (χ0) is 47.0. The smallest absolute Gasteiger partial charge is 0.299 e. The lowest BCUT2D eigenvalue weighted by molar-refractivity contribution is 0.280. The summed E-state index contributed by atoms with van der Waals surface area (Å²) in [5.74, 6) is 0.269. The van der Waals surface area contributed by atoms with E-state index in [0.717, 1.165) is 52.5 Å². The standard InChI is InChI=1S/C43H50N14O6S3/c1-7-55(8-2)27-12-15-31(49-51-39-29-23-26(5)11-14-30(29)53-64-39)34(24-27)44-41-46-42(48-43(47-41)57(19-21-58)20-22-59)45-35-25-28(56(9-3)10-4)13-16-32(35)50-52-40-37-33(54-65-40)17-18-36(63-6)38(37)66(60,61)62/h11-18,23-25,58-59H,7-10,19-22H2,1-6H3,(H,60,61,62)(H2,44,45,46,47,48)/b51-49+,52-50+. The first-order chi connectivity index (χ1) is 31.9. The molecule has 0 atom stereocenters. The van der Waals surface area contributed by atoms with E-state index >= 15 is 0 Å². The molecule has 66 heavy (non-hydrogen) atoms. The Kier molecular flexibility index (Phi) is 15.3. The lowest BCUT2D eigenvalue weighted by atomic mass is 10.2. The molecule has 0 saturated carbocycles. The molecule has 346 valence electrons. The van der Waals surface area contributed by atoms with E-state index in [4.69, 9.17) is 24.8 Å². The number of nitrogens with one attached hydrogen (secondary N) is 2. The van der Waals surface area contributed by atoms with E-state index in [1.54, 1.807) is 17.0 Å². The number of hydrogen-bond donors (Lipinski definition) is 5. The van der Waals surface area contributed by atoms with Crippen LogP contribution >= 0.6 is 23.1 Å². The minimum absolute atomic E-state index is 0.0602. The average Bonchev–Trinajstić information content (AvgIpc) is 3.91. The van der Waals surface area contributed by atoms with Gasteiger partial charge < -0.3 is 40.3 Å². The van der Waals surface area contributed by atoms with Crippen molar-refractivity contribution in [3.8, 4) is 5.75 Å². The number of nitrogens with zero attached hydrogens (tertiary/aromatic N) is 12. The molecular weight excluding hydrogens is 905 g/mol. The van der Waals surface area contributed by atoms with Crippen molar-refractivity contribution in [2.45, 2.75) is 39.5 Å². The van der Waals surface area contributed by atoms with E-state index < -0.39 is 15.0 Å². The minimum Gasteiger partial charge on any atom is -0.495 e. The molecule has 0 aliphatic carbocycles. The Labute approximate surface area is 389 Å². The van der Waals surface area contributed by atoms with Crippen molar-refractivity contribution in [2.75, 3.05) is 84.9 Å². The maximum atomic E-state index is 12.6. The molecule has 0 spiro atoms. The predicted molar refractivity (Wildman–Crippen MR) is 261 cm³/mol. The van der Waals surface area contributed by atoms with Crippen LogP contribution in [-0.4, -0.2) is 106 Å². The first-order valence-electron chi connectivity index (χ1n) is 21.1. The van der Waals surface area contributed by atoms with Crippen LogP contribution in [-0.2, 0) is 10.1 Å². The average molecular weight is 955 g/mol. The fourth-order valence-corrected chi connectivity index (χ4v) is 9.50.